The van der Waals surface area contributed by atoms with Gasteiger partial charge in [0.05, 0.1) is 10.2 Å². The van der Waals surface area contributed by atoms with Crippen LogP contribution in [-0.4, -0.2) is 16.6 Å². The van der Waals surface area contributed by atoms with Crippen LogP contribution in [0.1, 0.15) is 38.8 Å². The molecule has 6 heteroatoms. The average molecular weight is 385 g/mol. The molecule has 0 unspecified atom stereocenters. The van der Waals surface area contributed by atoms with E-state index in [4.69, 9.17) is 4.74 Å². The number of amides is 1. The number of aromatic nitrogens is 1. The van der Waals surface area contributed by atoms with E-state index in [1.807, 2.05) is 70.2 Å². The van der Waals surface area contributed by atoms with E-state index in [1.165, 1.54) is 11.3 Å². The number of rotatable bonds is 6. The molecule has 0 bridgehead atoms. The number of carbonyl (C=O) groups is 1. The molecule has 1 aromatic heterocycles. The zero-order chi connectivity index (χ0) is 19.6. The normalized spacial score (nSPS) is 12.3. The number of benzene rings is 2. The average Bonchev–Trinajstić information content (AvgIpc) is 2.96. The van der Waals surface area contributed by atoms with Crippen molar-refractivity contribution in [3.05, 3.63) is 57.7 Å². The van der Waals surface area contributed by atoms with Gasteiger partial charge in [-0.15, -0.1) is 0 Å². The maximum atomic E-state index is 12.7. The molecule has 27 heavy (non-hydrogen) atoms. The standard InChI is InChI=1S/C21H24N2O3S/c1-5-17(26-18-9-7-6-8-14(18)4)20(24)22-15-10-11-16-19(12-15)27-21(25)23(16)13(2)3/h6-13,17H,5H2,1-4H3,(H,22,24)/t17-/m1/s1. The molecule has 3 aromatic rings. The zero-order valence-electron chi connectivity index (χ0n) is 16.0. The summed E-state index contributed by atoms with van der Waals surface area (Å²) in [4.78, 5) is 24.9. The topological polar surface area (TPSA) is 60.3 Å². The first kappa shape index (κ1) is 19.2. The molecular weight excluding hydrogens is 360 g/mol. The number of fused-ring (bicyclic) bond motifs is 1. The van der Waals surface area contributed by atoms with Crippen LogP contribution in [0.25, 0.3) is 10.2 Å². The van der Waals surface area contributed by atoms with Crippen molar-refractivity contribution in [2.75, 3.05) is 5.32 Å². The minimum Gasteiger partial charge on any atom is -0.480 e. The van der Waals surface area contributed by atoms with Crippen LogP contribution in [0, 0.1) is 6.92 Å². The summed E-state index contributed by atoms with van der Waals surface area (Å²) in [5.74, 6) is 0.512. The SMILES string of the molecule is CC[C@@H](Oc1ccccc1C)C(=O)Nc1ccc2c(c1)sc(=O)n2C(C)C. The van der Waals surface area contributed by atoms with Crippen molar-refractivity contribution in [1.29, 1.82) is 0 Å². The van der Waals surface area contributed by atoms with E-state index in [1.54, 1.807) is 4.57 Å². The van der Waals surface area contributed by atoms with Gasteiger partial charge < -0.3 is 10.1 Å². The molecule has 0 fully saturated rings. The monoisotopic (exact) mass is 384 g/mol. The van der Waals surface area contributed by atoms with Crippen LogP contribution in [0.4, 0.5) is 5.69 Å². The van der Waals surface area contributed by atoms with E-state index >= 15 is 0 Å². The van der Waals surface area contributed by atoms with Crippen molar-refractivity contribution in [3.63, 3.8) is 0 Å². The predicted molar refractivity (Wildman–Crippen MR) is 111 cm³/mol. The Kier molecular flexibility index (Phi) is 5.65. The number of hydrogen-bond donors (Lipinski definition) is 1. The summed E-state index contributed by atoms with van der Waals surface area (Å²) in [7, 11) is 0. The lowest BCUT2D eigenvalue weighted by Crippen LogP contribution is -2.32. The second-order valence-electron chi connectivity index (χ2n) is 6.78. The Morgan fingerprint density at radius 1 is 1.22 bits per heavy atom. The molecule has 1 N–H and O–H groups in total. The van der Waals surface area contributed by atoms with Gasteiger partial charge in [-0.1, -0.05) is 36.5 Å². The van der Waals surface area contributed by atoms with Crippen molar-refractivity contribution in [2.24, 2.45) is 0 Å². The van der Waals surface area contributed by atoms with Gasteiger partial charge in [0.2, 0.25) is 0 Å². The number of hydrogen-bond acceptors (Lipinski definition) is 4. The third kappa shape index (κ3) is 4.06. The van der Waals surface area contributed by atoms with E-state index in [0.29, 0.717) is 17.9 Å². The Bertz CT molecular complexity index is 1020. The fourth-order valence-corrected chi connectivity index (χ4v) is 4.04. The van der Waals surface area contributed by atoms with Crippen LogP contribution >= 0.6 is 11.3 Å². The Labute approximate surface area is 162 Å². The number of aryl methyl sites for hydroxylation is 1. The largest absolute Gasteiger partial charge is 0.480 e. The molecule has 5 nitrogen and oxygen atoms in total. The maximum absolute atomic E-state index is 12.7. The lowest BCUT2D eigenvalue weighted by atomic mass is 10.2. The van der Waals surface area contributed by atoms with E-state index in [-0.39, 0.29) is 16.8 Å². The Morgan fingerprint density at radius 2 is 1.96 bits per heavy atom. The number of ether oxygens (including phenoxy) is 1. The molecule has 1 heterocycles. The Hall–Kier alpha value is -2.60. The Morgan fingerprint density at radius 3 is 2.63 bits per heavy atom. The number of nitrogens with one attached hydrogen (secondary N) is 1. The van der Waals surface area contributed by atoms with Gasteiger partial charge in [-0.05, 0) is 57.0 Å². The number of nitrogens with zero attached hydrogens (tertiary/aromatic N) is 1. The highest BCUT2D eigenvalue weighted by atomic mass is 32.1. The summed E-state index contributed by atoms with van der Waals surface area (Å²) in [5.41, 5.74) is 2.54. The molecule has 0 saturated carbocycles. The van der Waals surface area contributed by atoms with Gasteiger partial charge in [-0.3, -0.25) is 14.2 Å². The van der Waals surface area contributed by atoms with Crippen molar-refractivity contribution in [1.82, 2.24) is 4.57 Å². The van der Waals surface area contributed by atoms with Gasteiger partial charge in [0, 0.05) is 11.7 Å². The molecule has 142 valence electrons. The lowest BCUT2D eigenvalue weighted by Gasteiger charge is -2.18. The molecule has 2 aromatic carbocycles. The van der Waals surface area contributed by atoms with Gasteiger partial charge >= 0.3 is 4.87 Å². The summed E-state index contributed by atoms with van der Waals surface area (Å²) in [5, 5.41) is 2.91. The highest BCUT2D eigenvalue weighted by Gasteiger charge is 2.20. The highest BCUT2D eigenvalue weighted by Crippen LogP contribution is 2.25. The van der Waals surface area contributed by atoms with E-state index < -0.39 is 6.10 Å². The molecular formula is C21H24N2O3S. The van der Waals surface area contributed by atoms with Gasteiger partial charge in [-0.25, -0.2) is 0 Å². The van der Waals surface area contributed by atoms with Crippen LogP contribution in [0.2, 0.25) is 0 Å². The molecule has 0 spiro atoms. The lowest BCUT2D eigenvalue weighted by molar-refractivity contribution is -0.122. The molecule has 1 amide bonds. The smallest absolute Gasteiger partial charge is 0.308 e. The number of thiazole rings is 1. The second-order valence-corrected chi connectivity index (χ2v) is 7.78. The molecule has 0 aliphatic carbocycles. The zero-order valence-corrected chi connectivity index (χ0v) is 16.8. The molecule has 0 aliphatic rings. The second kappa shape index (κ2) is 7.96. The molecule has 0 saturated heterocycles. The van der Waals surface area contributed by atoms with Crippen molar-refractivity contribution in [3.8, 4) is 5.75 Å². The summed E-state index contributed by atoms with van der Waals surface area (Å²) < 4.78 is 8.53. The molecule has 0 aliphatic heterocycles. The van der Waals surface area contributed by atoms with Crippen LogP contribution in [0.15, 0.2) is 47.3 Å². The van der Waals surface area contributed by atoms with Crippen LogP contribution in [0.5, 0.6) is 5.75 Å². The summed E-state index contributed by atoms with van der Waals surface area (Å²) in [6.07, 6.45) is -0.0276. The van der Waals surface area contributed by atoms with Crippen molar-refractivity contribution >= 4 is 33.1 Å². The van der Waals surface area contributed by atoms with Gasteiger partial charge in [0.15, 0.2) is 6.10 Å². The summed E-state index contributed by atoms with van der Waals surface area (Å²) in [6.45, 7) is 7.84. The minimum atomic E-state index is -0.583. The van der Waals surface area contributed by atoms with Gasteiger partial charge in [0.1, 0.15) is 5.75 Å². The summed E-state index contributed by atoms with van der Waals surface area (Å²) in [6, 6.07) is 13.3. The Balaban J connectivity index is 1.80. The summed E-state index contributed by atoms with van der Waals surface area (Å²) >= 11 is 1.19. The molecule has 3 rings (SSSR count). The van der Waals surface area contributed by atoms with Crippen molar-refractivity contribution in [2.45, 2.75) is 46.3 Å². The number of anilines is 1. The van der Waals surface area contributed by atoms with Crippen LogP contribution in [0.3, 0.4) is 0 Å². The fourth-order valence-electron chi connectivity index (χ4n) is 2.99. The van der Waals surface area contributed by atoms with Gasteiger partial charge in [-0.2, -0.15) is 0 Å². The van der Waals surface area contributed by atoms with Crippen molar-refractivity contribution < 1.29 is 9.53 Å². The number of para-hydroxylation sites is 1. The first-order valence-corrected chi connectivity index (χ1v) is 9.90. The quantitative estimate of drug-likeness (QED) is 0.667. The van der Waals surface area contributed by atoms with E-state index in [0.717, 1.165) is 15.8 Å². The molecule has 1 atom stereocenters. The highest BCUT2D eigenvalue weighted by molar-refractivity contribution is 7.16. The maximum Gasteiger partial charge on any atom is 0.308 e. The van der Waals surface area contributed by atoms with Gasteiger partial charge in [0.25, 0.3) is 5.91 Å². The first-order valence-electron chi connectivity index (χ1n) is 9.09. The van der Waals surface area contributed by atoms with E-state index in [9.17, 15) is 9.59 Å². The third-order valence-electron chi connectivity index (χ3n) is 4.42. The number of carbonyl (C=O) groups excluding carboxylic acids is 1. The fraction of sp³-hybridized carbons (Fsp3) is 0.333. The van der Waals surface area contributed by atoms with E-state index in [2.05, 4.69) is 5.32 Å². The minimum absolute atomic E-state index is 0.0118. The van der Waals surface area contributed by atoms with Crippen LogP contribution < -0.4 is 14.9 Å². The predicted octanol–water partition coefficient (Wildman–Crippen LogP) is 4.75. The first-order chi connectivity index (χ1) is 12.9. The molecule has 0 radical (unpaired) electrons. The van der Waals surface area contributed by atoms with Crippen LogP contribution in [-0.2, 0) is 4.79 Å². The third-order valence-corrected chi connectivity index (χ3v) is 5.34.